The monoisotopic (exact) mass is 455 g/mol. The van der Waals surface area contributed by atoms with Crippen LogP contribution in [-0.2, 0) is 11.2 Å². The van der Waals surface area contributed by atoms with E-state index in [1.165, 1.54) is 24.3 Å². The van der Waals surface area contributed by atoms with Gasteiger partial charge in [-0.2, -0.15) is 0 Å². The number of fused-ring (bicyclic) bond motifs is 2. The lowest BCUT2D eigenvalue weighted by Crippen LogP contribution is -2.16. The molecule has 1 amide bonds. The number of para-hydroxylation sites is 1. The fourth-order valence-corrected chi connectivity index (χ4v) is 4.01. The van der Waals surface area contributed by atoms with E-state index in [2.05, 4.69) is 19.2 Å². The lowest BCUT2D eigenvalue weighted by molar-refractivity contribution is -0.115. The fourth-order valence-electron chi connectivity index (χ4n) is 4.01. The first-order valence-corrected chi connectivity index (χ1v) is 11.0. The average molecular weight is 455 g/mol. The summed E-state index contributed by atoms with van der Waals surface area (Å²) in [6.07, 6.45) is 1.66. The van der Waals surface area contributed by atoms with Crippen LogP contribution in [0.4, 0.5) is 10.1 Å². The van der Waals surface area contributed by atoms with Crippen molar-refractivity contribution in [3.63, 3.8) is 0 Å². The molecule has 0 saturated heterocycles. The Morgan fingerprint density at radius 2 is 1.71 bits per heavy atom. The molecule has 0 aliphatic carbocycles. The first-order chi connectivity index (χ1) is 16.4. The molecular weight excluding hydrogens is 433 g/mol. The van der Waals surface area contributed by atoms with Crippen LogP contribution in [0.3, 0.4) is 0 Å². The van der Waals surface area contributed by atoms with Crippen LogP contribution < -0.4 is 5.32 Å². The Balaban J connectivity index is 1.48. The minimum atomic E-state index is -0.443. The predicted octanol–water partition coefficient (Wildman–Crippen LogP) is 6.85. The van der Waals surface area contributed by atoms with E-state index in [0.717, 1.165) is 16.5 Å². The molecule has 0 saturated carbocycles. The van der Waals surface area contributed by atoms with Gasteiger partial charge in [-0.3, -0.25) is 9.59 Å². The van der Waals surface area contributed by atoms with Gasteiger partial charge in [-0.25, -0.2) is 4.39 Å². The van der Waals surface area contributed by atoms with Crippen molar-refractivity contribution in [2.24, 2.45) is 0 Å². The first kappa shape index (κ1) is 21.6. The van der Waals surface area contributed by atoms with Crippen molar-refractivity contribution in [3.05, 3.63) is 101 Å². The van der Waals surface area contributed by atoms with Crippen LogP contribution in [0.15, 0.2) is 81.8 Å². The number of amides is 1. The third kappa shape index (κ3) is 3.99. The van der Waals surface area contributed by atoms with E-state index in [1.807, 2.05) is 18.2 Å². The van der Waals surface area contributed by atoms with Gasteiger partial charge in [-0.05, 0) is 60.0 Å². The summed E-state index contributed by atoms with van der Waals surface area (Å²) in [5, 5.41) is 4.37. The second-order valence-corrected chi connectivity index (χ2v) is 8.53. The molecule has 0 bridgehead atoms. The van der Waals surface area contributed by atoms with E-state index in [-0.39, 0.29) is 23.7 Å². The zero-order valence-electron chi connectivity index (χ0n) is 18.7. The Morgan fingerprint density at radius 1 is 0.941 bits per heavy atom. The van der Waals surface area contributed by atoms with Gasteiger partial charge in [0, 0.05) is 21.9 Å². The Kier molecular flexibility index (Phi) is 5.49. The van der Waals surface area contributed by atoms with Gasteiger partial charge in [0.05, 0.1) is 18.4 Å². The number of hydrogen-bond donors (Lipinski definition) is 1. The van der Waals surface area contributed by atoms with Crippen molar-refractivity contribution in [3.8, 4) is 0 Å². The summed E-state index contributed by atoms with van der Waals surface area (Å²) in [6, 6.07) is 18.3. The van der Waals surface area contributed by atoms with Crippen molar-refractivity contribution < 1.29 is 22.8 Å². The van der Waals surface area contributed by atoms with Crippen LogP contribution >= 0.6 is 0 Å². The molecule has 2 aromatic heterocycles. The van der Waals surface area contributed by atoms with Gasteiger partial charge < -0.3 is 14.2 Å². The summed E-state index contributed by atoms with van der Waals surface area (Å²) in [5.41, 5.74) is 3.66. The summed E-state index contributed by atoms with van der Waals surface area (Å²) >= 11 is 0. The SMILES string of the molecule is CC(C)c1ccc2occ(CC(=O)Nc3c(C(=O)c4ccc(F)cc4)oc4ccccc34)c2c1. The van der Waals surface area contributed by atoms with Gasteiger partial charge in [0.2, 0.25) is 11.7 Å². The van der Waals surface area contributed by atoms with Crippen LogP contribution in [0.25, 0.3) is 21.9 Å². The topological polar surface area (TPSA) is 72.5 Å². The van der Waals surface area contributed by atoms with Crippen molar-refractivity contribution in [2.45, 2.75) is 26.2 Å². The minimum absolute atomic E-state index is 0.000281. The van der Waals surface area contributed by atoms with E-state index < -0.39 is 11.6 Å². The summed E-state index contributed by atoms with van der Waals surface area (Å²) in [4.78, 5) is 26.2. The molecule has 0 unspecified atom stereocenters. The highest BCUT2D eigenvalue weighted by Gasteiger charge is 2.24. The fraction of sp³-hybridized carbons (Fsp3) is 0.143. The Labute approximate surface area is 195 Å². The zero-order valence-corrected chi connectivity index (χ0v) is 18.7. The van der Waals surface area contributed by atoms with Crippen LogP contribution in [0.2, 0.25) is 0 Å². The molecule has 2 heterocycles. The van der Waals surface area contributed by atoms with Crippen LogP contribution in [0.1, 0.15) is 47.0 Å². The zero-order chi connectivity index (χ0) is 23.8. The highest BCUT2D eigenvalue weighted by molar-refractivity contribution is 6.17. The highest BCUT2D eigenvalue weighted by Crippen LogP contribution is 2.33. The van der Waals surface area contributed by atoms with Crippen LogP contribution in [0, 0.1) is 5.82 Å². The number of carbonyl (C=O) groups excluding carboxylic acids is 2. The molecule has 0 fully saturated rings. The maximum Gasteiger partial charge on any atom is 0.230 e. The number of halogens is 1. The first-order valence-electron chi connectivity index (χ1n) is 11.0. The highest BCUT2D eigenvalue weighted by atomic mass is 19.1. The lowest BCUT2D eigenvalue weighted by Gasteiger charge is -2.07. The smallest absolute Gasteiger partial charge is 0.230 e. The number of ketones is 1. The maximum absolute atomic E-state index is 13.3. The number of anilines is 1. The molecule has 170 valence electrons. The summed E-state index contributed by atoms with van der Waals surface area (Å²) in [5.74, 6) is -0.847. The van der Waals surface area contributed by atoms with Gasteiger partial charge in [-0.1, -0.05) is 32.0 Å². The van der Waals surface area contributed by atoms with Crippen LogP contribution in [-0.4, -0.2) is 11.7 Å². The molecular formula is C28H22FNO4. The van der Waals surface area contributed by atoms with Gasteiger partial charge in [0.1, 0.15) is 17.0 Å². The molecule has 0 atom stereocenters. The van der Waals surface area contributed by atoms with E-state index in [4.69, 9.17) is 8.83 Å². The lowest BCUT2D eigenvalue weighted by atomic mass is 10.00. The molecule has 6 heteroatoms. The van der Waals surface area contributed by atoms with Crippen molar-refractivity contribution >= 4 is 39.3 Å². The maximum atomic E-state index is 13.3. The second kappa shape index (κ2) is 8.63. The molecule has 0 spiro atoms. The molecule has 5 rings (SSSR count). The van der Waals surface area contributed by atoms with E-state index in [9.17, 15) is 14.0 Å². The Hall–Kier alpha value is -4.19. The number of furan rings is 2. The number of nitrogens with one attached hydrogen (secondary N) is 1. The Morgan fingerprint density at radius 3 is 2.47 bits per heavy atom. The van der Waals surface area contributed by atoms with Crippen LogP contribution in [0.5, 0.6) is 0 Å². The summed E-state index contributed by atoms with van der Waals surface area (Å²) in [6.45, 7) is 4.22. The van der Waals surface area contributed by atoms with Crippen molar-refractivity contribution in [1.82, 2.24) is 0 Å². The molecule has 5 aromatic rings. The van der Waals surface area contributed by atoms with Gasteiger partial charge >= 0.3 is 0 Å². The van der Waals surface area contributed by atoms with Crippen molar-refractivity contribution in [1.29, 1.82) is 0 Å². The Bertz CT molecular complexity index is 1530. The quantitative estimate of drug-likeness (QED) is 0.284. The normalized spacial score (nSPS) is 11.4. The second-order valence-electron chi connectivity index (χ2n) is 8.53. The number of rotatable bonds is 6. The van der Waals surface area contributed by atoms with E-state index >= 15 is 0 Å². The third-order valence-electron chi connectivity index (χ3n) is 5.87. The van der Waals surface area contributed by atoms with Crippen molar-refractivity contribution in [2.75, 3.05) is 5.32 Å². The number of hydrogen-bond acceptors (Lipinski definition) is 4. The summed E-state index contributed by atoms with van der Waals surface area (Å²) in [7, 11) is 0. The average Bonchev–Trinajstić information content (AvgIpc) is 3.40. The molecule has 34 heavy (non-hydrogen) atoms. The van der Waals surface area contributed by atoms with E-state index in [0.29, 0.717) is 28.2 Å². The number of carbonyl (C=O) groups is 2. The van der Waals surface area contributed by atoms with Gasteiger partial charge in [-0.15, -0.1) is 0 Å². The number of benzene rings is 3. The third-order valence-corrected chi connectivity index (χ3v) is 5.87. The molecule has 3 aromatic carbocycles. The molecule has 5 nitrogen and oxygen atoms in total. The molecule has 1 N–H and O–H groups in total. The minimum Gasteiger partial charge on any atom is -0.464 e. The summed E-state index contributed by atoms with van der Waals surface area (Å²) < 4.78 is 24.8. The van der Waals surface area contributed by atoms with Gasteiger partial charge in [0.15, 0.2) is 5.76 Å². The predicted molar refractivity (Wildman–Crippen MR) is 129 cm³/mol. The van der Waals surface area contributed by atoms with Gasteiger partial charge in [0.25, 0.3) is 0 Å². The standard InChI is InChI=1S/C28H22FNO4/c1-16(2)18-9-12-23-22(13-18)19(15-33-23)14-25(31)30-26-21-5-3-4-6-24(21)34-28(26)27(32)17-7-10-20(29)11-8-17/h3-13,15-16H,14H2,1-2H3,(H,30,31). The molecule has 0 aliphatic rings. The largest absolute Gasteiger partial charge is 0.464 e. The molecule has 0 radical (unpaired) electrons. The van der Waals surface area contributed by atoms with E-state index in [1.54, 1.807) is 30.5 Å². The molecule has 0 aliphatic heterocycles.